The van der Waals surface area contributed by atoms with E-state index in [1.54, 1.807) is 29.2 Å². The highest BCUT2D eigenvalue weighted by Crippen LogP contribution is 2.24. The molecule has 28 heavy (non-hydrogen) atoms. The molecule has 1 fully saturated rings. The van der Waals surface area contributed by atoms with Crippen LogP contribution in [0.2, 0.25) is 0 Å². The van der Waals surface area contributed by atoms with E-state index in [2.05, 4.69) is 0 Å². The van der Waals surface area contributed by atoms with E-state index in [1.807, 2.05) is 20.8 Å². The molecule has 0 N–H and O–H groups in total. The molecule has 0 aliphatic carbocycles. The van der Waals surface area contributed by atoms with Crippen molar-refractivity contribution in [1.82, 2.24) is 4.90 Å². The van der Waals surface area contributed by atoms with Crippen LogP contribution in [0.1, 0.15) is 63.2 Å². The highest BCUT2D eigenvalue weighted by Gasteiger charge is 2.26. The zero-order valence-electron chi connectivity index (χ0n) is 16.9. The Balaban J connectivity index is 1.71. The number of carbonyl (C=O) groups is 2. The van der Waals surface area contributed by atoms with Gasteiger partial charge in [0.25, 0.3) is 0 Å². The molecule has 1 amide bonds. The number of alkyl halides is 1. The first-order valence-corrected chi connectivity index (χ1v) is 11.1. The number of Topliss-reactive ketones (excluding diaryl/α,β-unsaturated/α-hetero) is 1. The van der Waals surface area contributed by atoms with E-state index in [0.29, 0.717) is 35.9 Å². The number of piperidine rings is 1. The van der Waals surface area contributed by atoms with Crippen molar-refractivity contribution in [3.8, 4) is 0 Å². The van der Waals surface area contributed by atoms with Crippen molar-refractivity contribution >= 4 is 22.7 Å². The van der Waals surface area contributed by atoms with Crippen LogP contribution in [0, 0.1) is 5.92 Å². The predicted octanol–water partition coefficient (Wildman–Crippen LogP) is 4.72. The average molecular weight is 412 g/mol. The Morgan fingerprint density at radius 3 is 2.32 bits per heavy atom. The molecule has 1 unspecified atom stereocenters. The summed E-state index contributed by atoms with van der Waals surface area (Å²) in [6.07, 6.45) is 3.82. The van der Waals surface area contributed by atoms with E-state index >= 15 is 0 Å². The normalized spacial score (nSPS) is 16.6. The summed E-state index contributed by atoms with van der Waals surface area (Å²) in [7, 11) is -1.65. The molecule has 1 heterocycles. The minimum absolute atomic E-state index is 0.0452. The van der Waals surface area contributed by atoms with Crippen LogP contribution in [0.25, 0.3) is 0 Å². The number of ether oxygens (including phenoxy) is 1. The van der Waals surface area contributed by atoms with Crippen LogP contribution >= 0.6 is 0 Å². The molecule has 2 rings (SSSR count). The Labute approximate surface area is 169 Å². The lowest BCUT2D eigenvalue weighted by Crippen LogP contribution is -2.41. The Morgan fingerprint density at radius 1 is 1.18 bits per heavy atom. The molecule has 0 radical (unpaired) electrons. The van der Waals surface area contributed by atoms with Gasteiger partial charge in [0.15, 0.2) is 11.8 Å². The molecule has 0 spiro atoms. The average Bonchev–Trinajstić information content (AvgIpc) is 2.66. The SMILES string of the molecule is CC(C)(C)OC(=O)N1CCC(CCCC(=O)c2ccc(S(=O)CF)cc2)CC1. The second-order valence-electron chi connectivity index (χ2n) is 8.21. The fourth-order valence-electron chi connectivity index (χ4n) is 3.28. The summed E-state index contributed by atoms with van der Waals surface area (Å²) in [6, 6.07) is 5.42. The van der Waals surface area contributed by atoms with E-state index in [9.17, 15) is 18.2 Å². The fourth-order valence-corrected chi connectivity index (χ4v) is 3.85. The monoisotopic (exact) mass is 411 g/mol. The molecular weight excluding hydrogens is 381 g/mol. The van der Waals surface area contributed by atoms with Gasteiger partial charge in [-0.25, -0.2) is 9.18 Å². The van der Waals surface area contributed by atoms with Gasteiger partial charge in [-0.3, -0.25) is 9.00 Å². The maximum Gasteiger partial charge on any atom is 0.410 e. The first-order chi connectivity index (χ1) is 13.2. The van der Waals surface area contributed by atoms with Crippen molar-refractivity contribution in [3.63, 3.8) is 0 Å². The maximum absolute atomic E-state index is 12.4. The number of halogens is 1. The van der Waals surface area contributed by atoms with Crippen molar-refractivity contribution in [2.75, 3.05) is 19.1 Å². The number of likely N-dealkylation sites (tertiary alicyclic amines) is 1. The number of hydrogen-bond donors (Lipinski definition) is 0. The first kappa shape index (κ1) is 22.5. The van der Waals surface area contributed by atoms with Gasteiger partial charge in [0.1, 0.15) is 5.60 Å². The molecule has 5 nitrogen and oxygen atoms in total. The first-order valence-electron chi connectivity index (χ1n) is 9.75. The zero-order valence-corrected chi connectivity index (χ0v) is 17.7. The van der Waals surface area contributed by atoms with Gasteiger partial charge in [-0.05, 0) is 64.5 Å². The van der Waals surface area contributed by atoms with Crippen molar-refractivity contribution in [2.45, 2.75) is 63.4 Å². The number of amides is 1. The van der Waals surface area contributed by atoms with Crippen LogP contribution < -0.4 is 0 Å². The molecule has 0 aromatic heterocycles. The third-order valence-electron chi connectivity index (χ3n) is 4.82. The third-order valence-corrected chi connectivity index (χ3v) is 5.82. The van der Waals surface area contributed by atoms with Crippen molar-refractivity contribution in [3.05, 3.63) is 29.8 Å². The summed E-state index contributed by atoms with van der Waals surface area (Å²) >= 11 is 0. The smallest absolute Gasteiger partial charge is 0.410 e. The molecule has 1 aliphatic rings. The number of rotatable bonds is 7. The number of hydrogen-bond acceptors (Lipinski definition) is 4. The third kappa shape index (κ3) is 7.00. The van der Waals surface area contributed by atoms with Gasteiger partial charge in [-0.15, -0.1) is 0 Å². The van der Waals surface area contributed by atoms with E-state index in [4.69, 9.17) is 4.74 Å². The molecule has 1 aliphatic heterocycles. The van der Waals surface area contributed by atoms with Gasteiger partial charge in [0.05, 0.1) is 10.8 Å². The summed E-state index contributed by atoms with van der Waals surface area (Å²) in [6.45, 7) is 6.98. The second-order valence-corrected chi connectivity index (χ2v) is 9.59. The summed E-state index contributed by atoms with van der Waals surface area (Å²) in [5, 5.41) is 0. The topological polar surface area (TPSA) is 63.7 Å². The number of benzene rings is 1. The summed E-state index contributed by atoms with van der Waals surface area (Å²) < 4.78 is 29.2. The van der Waals surface area contributed by atoms with Gasteiger partial charge < -0.3 is 9.64 Å². The van der Waals surface area contributed by atoms with E-state index < -0.39 is 22.4 Å². The quantitative estimate of drug-likeness (QED) is 0.609. The van der Waals surface area contributed by atoms with Crippen molar-refractivity contribution in [2.24, 2.45) is 5.92 Å². The van der Waals surface area contributed by atoms with Gasteiger partial charge in [0, 0.05) is 30.0 Å². The molecule has 1 atom stereocenters. The molecule has 0 saturated carbocycles. The number of ketones is 1. The predicted molar refractivity (Wildman–Crippen MR) is 108 cm³/mol. The van der Waals surface area contributed by atoms with Gasteiger partial charge in [-0.2, -0.15) is 0 Å². The van der Waals surface area contributed by atoms with Crippen LogP contribution in [-0.4, -0.2) is 45.7 Å². The van der Waals surface area contributed by atoms with E-state index in [1.165, 1.54) is 0 Å². The van der Waals surface area contributed by atoms with E-state index in [-0.39, 0.29) is 11.9 Å². The van der Waals surface area contributed by atoms with Crippen LogP contribution in [0.3, 0.4) is 0 Å². The molecule has 1 aromatic carbocycles. The lowest BCUT2D eigenvalue weighted by atomic mass is 9.91. The van der Waals surface area contributed by atoms with Crippen LogP contribution in [0.15, 0.2) is 29.2 Å². The van der Waals surface area contributed by atoms with Gasteiger partial charge in [-0.1, -0.05) is 12.1 Å². The van der Waals surface area contributed by atoms with Gasteiger partial charge in [0.2, 0.25) is 0 Å². The molecule has 1 saturated heterocycles. The van der Waals surface area contributed by atoms with Crippen molar-refractivity contribution < 1.29 is 22.9 Å². The highest BCUT2D eigenvalue weighted by molar-refractivity contribution is 7.84. The second kappa shape index (κ2) is 10.1. The summed E-state index contributed by atoms with van der Waals surface area (Å²) in [4.78, 5) is 26.5. The lowest BCUT2D eigenvalue weighted by Gasteiger charge is -2.33. The summed E-state index contributed by atoms with van der Waals surface area (Å²) in [5.41, 5.74) is 0.0901. The van der Waals surface area contributed by atoms with Crippen LogP contribution in [-0.2, 0) is 15.5 Å². The Kier molecular flexibility index (Phi) is 8.16. The zero-order chi connectivity index (χ0) is 20.7. The van der Waals surface area contributed by atoms with Crippen LogP contribution in [0.4, 0.5) is 9.18 Å². The lowest BCUT2D eigenvalue weighted by molar-refractivity contribution is 0.0181. The number of nitrogens with zero attached hydrogens (tertiary/aromatic N) is 1. The largest absolute Gasteiger partial charge is 0.444 e. The number of carbonyl (C=O) groups excluding carboxylic acids is 2. The minimum Gasteiger partial charge on any atom is -0.444 e. The molecular formula is C21H30FNO4S. The Morgan fingerprint density at radius 2 is 1.79 bits per heavy atom. The Hall–Kier alpha value is -1.76. The van der Waals surface area contributed by atoms with Gasteiger partial charge >= 0.3 is 6.09 Å². The molecule has 0 bridgehead atoms. The maximum atomic E-state index is 12.4. The Bertz CT molecular complexity index is 691. The van der Waals surface area contributed by atoms with Crippen molar-refractivity contribution in [1.29, 1.82) is 0 Å². The molecule has 1 aromatic rings. The highest BCUT2D eigenvalue weighted by atomic mass is 32.2. The molecule has 7 heteroatoms. The molecule has 156 valence electrons. The van der Waals surface area contributed by atoms with E-state index in [0.717, 1.165) is 25.7 Å². The standard InChI is InChI=1S/C21H30FNO4S/c1-21(2,3)27-20(25)23-13-11-16(12-14-23)5-4-6-19(24)17-7-9-18(10-8-17)28(26)15-22/h7-10,16H,4-6,11-15H2,1-3H3. The van der Waals surface area contributed by atoms with Crippen LogP contribution in [0.5, 0.6) is 0 Å². The summed E-state index contributed by atoms with van der Waals surface area (Å²) in [5.74, 6) is 0.560. The minimum atomic E-state index is -1.65. The fraction of sp³-hybridized carbons (Fsp3) is 0.619.